The number of phosphoric ester groups is 1. The second kappa shape index (κ2) is 25.6. The highest BCUT2D eigenvalue weighted by Gasteiger charge is 2.64. The molecule has 2 fully saturated rings. The van der Waals surface area contributed by atoms with Crippen LogP contribution in [0.1, 0.15) is 153 Å². The quantitative estimate of drug-likeness (QED) is 0.0298. The number of fused-ring (bicyclic) bond motifs is 2. The first kappa shape index (κ1) is 52.4. The van der Waals surface area contributed by atoms with E-state index in [1.54, 1.807) is 68.0 Å². The van der Waals surface area contributed by atoms with E-state index in [2.05, 4.69) is 22.0 Å². The maximum absolute atomic E-state index is 15.0. The molecule has 2 aliphatic heterocycles. The molecule has 2 aliphatic rings. The van der Waals surface area contributed by atoms with Crippen LogP contribution < -0.4 is 10.3 Å². The van der Waals surface area contributed by atoms with Gasteiger partial charge in [0.05, 0.1) is 48.3 Å². The number of nitrogens with two attached hydrogens (primary N) is 1. The summed E-state index contributed by atoms with van der Waals surface area (Å²) in [7, 11) is -2.99. The molecule has 2 saturated heterocycles. The van der Waals surface area contributed by atoms with Gasteiger partial charge in [-0.2, -0.15) is 10.4 Å². The zero-order valence-corrected chi connectivity index (χ0v) is 41.2. The van der Waals surface area contributed by atoms with Gasteiger partial charge in [-0.1, -0.05) is 133 Å². The zero-order chi connectivity index (χ0) is 47.7. The number of para-hydroxylation sites is 1. The van der Waals surface area contributed by atoms with Crippen molar-refractivity contribution >= 4 is 37.0 Å². The van der Waals surface area contributed by atoms with Crippen LogP contribution in [0, 0.1) is 17.1 Å². The van der Waals surface area contributed by atoms with Crippen LogP contribution in [-0.4, -0.2) is 70.8 Å². The van der Waals surface area contributed by atoms with Crippen LogP contribution in [0.25, 0.3) is 5.52 Å². The Morgan fingerprint density at radius 1 is 0.940 bits per heavy atom. The standard InChI is InChI=1S/C50H69ClFN6O8P/c1-5-6-7-8-9-10-11-12-13-14-15-16-17-18-19-20-23-40(60-32-38-28-37(31-53)29-39(52)30-38)33-61-67(59,66-44-25-22-21-24-41(44)51)62-35-50(34-55-4)47-46(63-49(2,3)65-47)45(64-50)42-26-27-43-48(54)56-36-57-58(42)43/h21-22,24-30,34,36,40,45-47H,5-20,23,32-33,35H2,1-4H3,(H2,54,56,57)/t40-,45+,46+,47+,50-,67?/m1/s1. The van der Waals surface area contributed by atoms with E-state index in [-0.39, 0.29) is 29.5 Å². The van der Waals surface area contributed by atoms with E-state index in [1.165, 1.54) is 95.5 Å². The van der Waals surface area contributed by atoms with Gasteiger partial charge in [-0.25, -0.2) is 18.5 Å². The Morgan fingerprint density at radius 2 is 1.61 bits per heavy atom. The Labute approximate surface area is 400 Å². The average molecular weight is 968 g/mol. The van der Waals surface area contributed by atoms with Gasteiger partial charge in [-0.15, -0.1) is 0 Å². The monoisotopic (exact) mass is 966 g/mol. The van der Waals surface area contributed by atoms with Gasteiger partial charge in [0.1, 0.15) is 41.7 Å². The van der Waals surface area contributed by atoms with E-state index in [1.807, 2.05) is 12.1 Å². The SMILES string of the molecule is CCCCCCCCCCCCCCCCCC[C@H](COP(=O)(OC[C@@]1(C=NC)O[C@@H](c2ccc3c(N)ncnn23)[C@@H]2OC(C)(C)O[C@@H]21)Oc1ccccc1Cl)OCc1cc(F)cc(C#N)c1. The number of aliphatic imine (C=N–C) groups is 1. The number of nitrogen functional groups attached to an aromatic ring is 1. The molecule has 0 bridgehead atoms. The summed E-state index contributed by atoms with van der Waals surface area (Å²) in [6.45, 7) is 5.22. The highest BCUT2D eigenvalue weighted by molar-refractivity contribution is 7.49. The molecule has 2 N–H and O–H groups in total. The molecule has 2 aromatic carbocycles. The van der Waals surface area contributed by atoms with Crippen molar-refractivity contribution in [3.05, 3.63) is 88.6 Å². The Morgan fingerprint density at radius 3 is 2.27 bits per heavy atom. The van der Waals surface area contributed by atoms with E-state index in [4.69, 9.17) is 49.9 Å². The molecule has 14 nitrogen and oxygen atoms in total. The fourth-order valence-corrected chi connectivity index (χ4v) is 10.4. The molecule has 0 radical (unpaired) electrons. The molecular formula is C50H69ClFN6O8P. The minimum Gasteiger partial charge on any atom is -0.402 e. The van der Waals surface area contributed by atoms with Crippen molar-refractivity contribution in [2.45, 2.75) is 172 Å². The predicted octanol–water partition coefficient (Wildman–Crippen LogP) is 12.5. The number of hydrogen-bond donors (Lipinski definition) is 1. The Hall–Kier alpha value is -3.97. The largest absolute Gasteiger partial charge is 0.530 e. The van der Waals surface area contributed by atoms with Crippen LogP contribution in [0.15, 0.2) is 65.9 Å². The number of nitrogens with zero attached hydrogens (tertiary/aromatic N) is 5. The number of hydrogen-bond acceptors (Lipinski definition) is 13. The van der Waals surface area contributed by atoms with Gasteiger partial charge in [-0.3, -0.25) is 14.0 Å². The molecule has 6 atom stereocenters. The number of phosphoric acid groups is 1. The van der Waals surface area contributed by atoms with Crippen LogP contribution in [-0.2, 0) is 39.2 Å². The molecular weight excluding hydrogens is 898 g/mol. The van der Waals surface area contributed by atoms with Gasteiger partial charge < -0.3 is 29.2 Å². The fourth-order valence-electron chi connectivity index (χ4n) is 8.88. The fraction of sp³-hybridized carbons (Fsp3) is 0.600. The highest BCUT2D eigenvalue weighted by atomic mass is 35.5. The van der Waals surface area contributed by atoms with Gasteiger partial charge in [0, 0.05) is 13.3 Å². The molecule has 0 saturated carbocycles. The Kier molecular flexibility index (Phi) is 20.0. The molecule has 0 aliphatic carbocycles. The van der Waals surface area contributed by atoms with Gasteiger partial charge >= 0.3 is 7.82 Å². The first-order valence-corrected chi connectivity index (χ1v) is 25.9. The van der Waals surface area contributed by atoms with Crippen LogP contribution >= 0.6 is 19.4 Å². The van der Waals surface area contributed by atoms with Crippen molar-refractivity contribution < 1.29 is 41.5 Å². The second-order valence-corrected chi connectivity index (χ2v) is 20.1. The minimum absolute atomic E-state index is 0.0116. The number of halogens is 2. The number of rotatable bonds is 30. The summed E-state index contributed by atoms with van der Waals surface area (Å²) in [5.41, 5.74) is 6.57. The number of unbranched alkanes of at least 4 members (excludes halogenated alkanes) is 15. The molecule has 2 aromatic heterocycles. The Bertz CT molecular complexity index is 2290. The second-order valence-electron chi connectivity index (χ2n) is 18.1. The van der Waals surface area contributed by atoms with Crippen LogP contribution in [0.5, 0.6) is 5.75 Å². The molecule has 4 aromatic rings. The number of aromatic nitrogens is 3. The van der Waals surface area contributed by atoms with Gasteiger partial charge in [0.15, 0.2) is 17.2 Å². The third-order valence-corrected chi connectivity index (χ3v) is 13.9. The van der Waals surface area contributed by atoms with E-state index in [0.29, 0.717) is 29.0 Å². The lowest BCUT2D eigenvalue weighted by Gasteiger charge is -2.32. The lowest BCUT2D eigenvalue weighted by Crippen LogP contribution is -2.48. The normalized spacial score (nSPS) is 21.4. The molecule has 1 unspecified atom stereocenters. The molecule has 6 rings (SSSR count). The molecule has 4 heterocycles. The topological polar surface area (TPSA) is 174 Å². The third-order valence-electron chi connectivity index (χ3n) is 12.3. The summed E-state index contributed by atoms with van der Waals surface area (Å²) in [4.78, 5) is 8.47. The number of anilines is 1. The average Bonchev–Trinajstić information content (AvgIpc) is 3.97. The highest BCUT2D eigenvalue weighted by Crippen LogP contribution is 2.55. The van der Waals surface area contributed by atoms with Gasteiger partial charge in [-0.05, 0) is 68.3 Å². The maximum Gasteiger partial charge on any atom is 0.530 e. The molecule has 366 valence electrons. The molecule has 0 spiro atoms. The van der Waals surface area contributed by atoms with Crippen molar-refractivity contribution in [2.75, 3.05) is 26.0 Å². The minimum atomic E-state index is -4.57. The first-order valence-electron chi connectivity index (χ1n) is 24.1. The summed E-state index contributed by atoms with van der Waals surface area (Å²) >= 11 is 6.53. The van der Waals surface area contributed by atoms with Gasteiger partial charge in [0.25, 0.3) is 0 Å². The molecule has 67 heavy (non-hydrogen) atoms. The smallest absolute Gasteiger partial charge is 0.402 e. The van der Waals surface area contributed by atoms with Crippen molar-refractivity contribution in [1.82, 2.24) is 14.6 Å². The van der Waals surface area contributed by atoms with E-state index in [9.17, 15) is 9.65 Å². The van der Waals surface area contributed by atoms with E-state index < -0.39 is 56.1 Å². The molecule has 17 heteroatoms. The van der Waals surface area contributed by atoms with Crippen LogP contribution in [0.4, 0.5) is 10.2 Å². The Balaban J connectivity index is 1.12. The number of ether oxygens (including phenoxy) is 4. The maximum atomic E-state index is 15.0. The summed E-state index contributed by atoms with van der Waals surface area (Å²) in [6, 6.07) is 16.3. The van der Waals surface area contributed by atoms with Crippen molar-refractivity contribution in [1.29, 1.82) is 5.26 Å². The lowest BCUT2D eigenvalue weighted by molar-refractivity contribution is -0.201. The summed E-state index contributed by atoms with van der Waals surface area (Å²) < 4.78 is 75.7. The predicted molar refractivity (Wildman–Crippen MR) is 258 cm³/mol. The van der Waals surface area contributed by atoms with E-state index in [0.717, 1.165) is 25.7 Å². The first-order chi connectivity index (χ1) is 32.4. The third kappa shape index (κ3) is 15.0. The number of nitriles is 1. The van der Waals surface area contributed by atoms with Crippen molar-refractivity contribution in [3.63, 3.8) is 0 Å². The van der Waals surface area contributed by atoms with Gasteiger partial charge in [0.2, 0.25) is 0 Å². The van der Waals surface area contributed by atoms with E-state index >= 15 is 4.57 Å². The van der Waals surface area contributed by atoms with Crippen LogP contribution in [0.2, 0.25) is 5.02 Å². The van der Waals surface area contributed by atoms with Crippen LogP contribution in [0.3, 0.4) is 0 Å². The summed E-state index contributed by atoms with van der Waals surface area (Å²) in [5.74, 6) is -1.21. The lowest BCUT2D eigenvalue weighted by atomic mass is 9.96. The zero-order valence-electron chi connectivity index (χ0n) is 39.6. The van der Waals surface area contributed by atoms with Crippen molar-refractivity contribution in [2.24, 2.45) is 4.99 Å². The number of benzene rings is 2. The van der Waals surface area contributed by atoms with Crippen molar-refractivity contribution in [3.8, 4) is 11.8 Å². The summed E-state index contributed by atoms with van der Waals surface area (Å²) in [5, 5.41) is 14.1. The summed E-state index contributed by atoms with van der Waals surface area (Å²) in [6.07, 6.45) is 20.4. The molecule has 0 amide bonds.